The third-order valence-corrected chi connectivity index (χ3v) is 4.96. The minimum Gasteiger partial charge on any atom is -0.328 e. The summed E-state index contributed by atoms with van der Waals surface area (Å²) in [5.41, 5.74) is 5.79. The number of hydrogen-bond acceptors (Lipinski definition) is 3. The van der Waals surface area contributed by atoms with Crippen molar-refractivity contribution in [2.45, 2.75) is 25.3 Å². The lowest BCUT2D eigenvalue weighted by molar-refractivity contribution is 0.184. The van der Waals surface area contributed by atoms with Gasteiger partial charge in [0.25, 0.3) is 0 Å². The highest BCUT2D eigenvalue weighted by Gasteiger charge is 2.26. The Morgan fingerprint density at radius 2 is 2.31 bits per heavy atom. The van der Waals surface area contributed by atoms with Gasteiger partial charge in [0.15, 0.2) is 0 Å². The number of thiophene rings is 1. The van der Waals surface area contributed by atoms with E-state index in [0.29, 0.717) is 6.04 Å². The van der Waals surface area contributed by atoms with Crippen molar-refractivity contribution in [1.29, 1.82) is 0 Å². The molecule has 0 spiro atoms. The molecule has 1 aromatic rings. The summed E-state index contributed by atoms with van der Waals surface area (Å²) in [5, 5.41) is 2.15. The maximum absolute atomic E-state index is 5.79. The van der Waals surface area contributed by atoms with Crippen LogP contribution in [0.25, 0.3) is 0 Å². The number of nitrogens with zero attached hydrogens (tertiary/aromatic N) is 1. The predicted molar refractivity (Wildman–Crippen MR) is 73.9 cm³/mol. The Kier molecular flexibility index (Phi) is 4.41. The lowest BCUT2D eigenvalue weighted by atomic mass is 9.80. The van der Waals surface area contributed by atoms with E-state index in [0.717, 1.165) is 18.9 Å². The maximum Gasteiger partial charge on any atom is 0.0285 e. The van der Waals surface area contributed by atoms with E-state index in [1.54, 1.807) is 0 Å². The van der Waals surface area contributed by atoms with Crippen molar-refractivity contribution in [1.82, 2.24) is 4.90 Å². The first-order chi connectivity index (χ1) is 7.63. The smallest absolute Gasteiger partial charge is 0.0285 e. The van der Waals surface area contributed by atoms with Crippen LogP contribution >= 0.6 is 27.3 Å². The average Bonchev–Trinajstić information content (AvgIpc) is 2.59. The van der Waals surface area contributed by atoms with Gasteiger partial charge in [-0.25, -0.2) is 0 Å². The SMILES string of the molecule is CN(CCc1cc(Br)cs1)CC1CC(N)C1. The first-order valence-electron chi connectivity index (χ1n) is 5.80. The molecule has 1 heterocycles. The molecule has 0 unspecified atom stereocenters. The van der Waals surface area contributed by atoms with Crippen LogP contribution in [0.1, 0.15) is 17.7 Å². The summed E-state index contributed by atoms with van der Waals surface area (Å²) in [6, 6.07) is 2.70. The Morgan fingerprint density at radius 3 is 2.88 bits per heavy atom. The Balaban J connectivity index is 1.65. The molecule has 0 aromatic carbocycles. The van der Waals surface area contributed by atoms with E-state index in [9.17, 15) is 0 Å². The van der Waals surface area contributed by atoms with Crippen molar-refractivity contribution >= 4 is 27.3 Å². The van der Waals surface area contributed by atoms with Crippen molar-refractivity contribution in [2.75, 3.05) is 20.1 Å². The average molecular weight is 303 g/mol. The second-order valence-electron chi connectivity index (χ2n) is 4.84. The molecule has 1 fully saturated rings. The lowest BCUT2D eigenvalue weighted by Gasteiger charge is -2.35. The van der Waals surface area contributed by atoms with Gasteiger partial charge >= 0.3 is 0 Å². The zero-order valence-electron chi connectivity index (χ0n) is 9.66. The third kappa shape index (κ3) is 3.55. The van der Waals surface area contributed by atoms with Gasteiger partial charge in [0.05, 0.1) is 0 Å². The predicted octanol–water partition coefficient (Wildman–Crippen LogP) is 2.72. The fourth-order valence-electron chi connectivity index (χ4n) is 2.25. The molecule has 0 radical (unpaired) electrons. The van der Waals surface area contributed by atoms with Gasteiger partial charge in [0.2, 0.25) is 0 Å². The van der Waals surface area contributed by atoms with Gasteiger partial charge in [-0.1, -0.05) is 0 Å². The first-order valence-corrected chi connectivity index (χ1v) is 7.48. The minimum absolute atomic E-state index is 0.478. The molecule has 1 aliphatic carbocycles. The molecule has 0 bridgehead atoms. The van der Waals surface area contributed by atoms with Crippen LogP contribution in [0.15, 0.2) is 15.9 Å². The third-order valence-electron chi connectivity index (χ3n) is 3.20. The van der Waals surface area contributed by atoms with E-state index in [2.05, 4.69) is 39.3 Å². The zero-order chi connectivity index (χ0) is 11.5. The van der Waals surface area contributed by atoms with Crippen LogP contribution in [-0.2, 0) is 6.42 Å². The highest BCUT2D eigenvalue weighted by Crippen LogP contribution is 2.26. The number of likely N-dealkylation sites (N-methyl/N-ethyl adjacent to an activating group) is 1. The second kappa shape index (κ2) is 5.63. The van der Waals surface area contributed by atoms with E-state index in [1.807, 2.05) is 11.3 Å². The van der Waals surface area contributed by atoms with Crippen molar-refractivity contribution in [3.05, 3.63) is 20.8 Å². The highest BCUT2D eigenvalue weighted by molar-refractivity contribution is 9.10. The zero-order valence-corrected chi connectivity index (χ0v) is 12.1. The summed E-state index contributed by atoms with van der Waals surface area (Å²) < 4.78 is 1.21. The van der Waals surface area contributed by atoms with Crippen molar-refractivity contribution in [2.24, 2.45) is 11.7 Å². The summed E-state index contributed by atoms with van der Waals surface area (Å²) >= 11 is 5.33. The van der Waals surface area contributed by atoms with Crippen LogP contribution in [0.3, 0.4) is 0 Å². The second-order valence-corrected chi connectivity index (χ2v) is 6.75. The van der Waals surface area contributed by atoms with Gasteiger partial charge < -0.3 is 10.6 Å². The number of halogens is 1. The summed E-state index contributed by atoms with van der Waals surface area (Å²) in [6.07, 6.45) is 3.59. The van der Waals surface area contributed by atoms with Crippen molar-refractivity contribution in [3.63, 3.8) is 0 Å². The van der Waals surface area contributed by atoms with Gasteiger partial charge in [-0.2, -0.15) is 0 Å². The maximum atomic E-state index is 5.79. The molecule has 0 atom stereocenters. The first kappa shape index (κ1) is 12.6. The van der Waals surface area contributed by atoms with Gasteiger partial charge in [0.1, 0.15) is 0 Å². The summed E-state index contributed by atoms with van der Waals surface area (Å²) in [6.45, 7) is 2.36. The monoisotopic (exact) mass is 302 g/mol. The highest BCUT2D eigenvalue weighted by atomic mass is 79.9. The molecule has 1 saturated carbocycles. The normalized spacial score (nSPS) is 24.8. The topological polar surface area (TPSA) is 29.3 Å². The van der Waals surface area contributed by atoms with Crippen molar-refractivity contribution in [3.8, 4) is 0 Å². The molecular weight excluding hydrogens is 284 g/mol. The molecule has 0 saturated heterocycles. The van der Waals surface area contributed by atoms with Gasteiger partial charge in [0, 0.05) is 33.9 Å². The Hall–Kier alpha value is 0.1000. The Bertz CT molecular complexity index is 334. The molecule has 2 rings (SSSR count). The quantitative estimate of drug-likeness (QED) is 0.906. The molecule has 16 heavy (non-hydrogen) atoms. The molecule has 0 amide bonds. The number of hydrogen-bond donors (Lipinski definition) is 1. The van der Waals surface area contributed by atoms with Crippen LogP contribution in [0.4, 0.5) is 0 Å². The molecule has 2 nitrogen and oxygen atoms in total. The fourth-order valence-corrected chi connectivity index (χ4v) is 3.70. The van der Waals surface area contributed by atoms with Crippen molar-refractivity contribution < 1.29 is 0 Å². The van der Waals surface area contributed by atoms with Gasteiger partial charge in [-0.05, 0) is 54.2 Å². The largest absolute Gasteiger partial charge is 0.328 e. The summed E-state index contributed by atoms with van der Waals surface area (Å²) in [4.78, 5) is 3.90. The van der Waals surface area contributed by atoms with E-state index in [-0.39, 0.29) is 0 Å². The molecule has 2 N–H and O–H groups in total. The molecule has 1 aliphatic rings. The summed E-state index contributed by atoms with van der Waals surface area (Å²) in [7, 11) is 2.21. The molecule has 4 heteroatoms. The van der Waals surface area contributed by atoms with E-state index in [4.69, 9.17) is 5.73 Å². The minimum atomic E-state index is 0.478. The number of rotatable bonds is 5. The molecular formula is C12H19BrN2S. The molecule has 90 valence electrons. The lowest BCUT2D eigenvalue weighted by Crippen LogP contribution is -2.42. The fraction of sp³-hybridized carbons (Fsp3) is 0.667. The van der Waals surface area contributed by atoms with Crippen LogP contribution in [0.5, 0.6) is 0 Å². The Labute approximate surface area is 110 Å². The van der Waals surface area contributed by atoms with Gasteiger partial charge in [-0.15, -0.1) is 11.3 Å². The van der Waals surface area contributed by atoms with E-state index >= 15 is 0 Å². The van der Waals surface area contributed by atoms with E-state index < -0.39 is 0 Å². The Morgan fingerprint density at radius 1 is 1.56 bits per heavy atom. The van der Waals surface area contributed by atoms with Crippen LogP contribution in [-0.4, -0.2) is 31.1 Å². The van der Waals surface area contributed by atoms with Crippen LogP contribution in [0.2, 0.25) is 0 Å². The van der Waals surface area contributed by atoms with Crippen LogP contribution in [0, 0.1) is 5.92 Å². The number of nitrogens with two attached hydrogens (primary N) is 1. The molecule has 0 aliphatic heterocycles. The standard InChI is InChI=1S/C12H19BrN2S/c1-15(7-9-4-11(14)5-9)3-2-12-6-10(13)8-16-12/h6,8-9,11H,2-5,7,14H2,1H3. The van der Waals surface area contributed by atoms with E-state index in [1.165, 1.54) is 28.7 Å². The van der Waals surface area contributed by atoms with Crippen LogP contribution < -0.4 is 5.73 Å². The summed E-state index contributed by atoms with van der Waals surface area (Å²) in [5.74, 6) is 0.843. The molecule has 1 aromatic heterocycles. The van der Waals surface area contributed by atoms with Gasteiger partial charge in [-0.3, -0.25) is 0 Å².